The summed E-state index contributed by atoms with van der Waals surface area (Å²) >= 11 is 3.20. The number of hydrogen-bond donors (Lipinski definition) is 0. The fraction of sp³-hybridized carbons (Fsp3) is 0.857. The topological polar surface area (TPSA) is 21.6 Å². The summed E-state index contributed by atoms with van der Waals surface area (Å²) < 4.78 is 5.16. The Bertz CT molecular complexity index is 159. The molecule has 0 aromatic heterocycles. The van der Waals surface area contributed by atoms with Gasteiger partial charge < -0.3 is 4.74 Å². The van der Waals surface area contributed by atoms with Crippen LogP contribution in [0.4, 0.5) is 0 Å². The third kappa shape index (κ3) is 1.72. The molecule has 0 spiro atoms. The van der Waals surface area contributed by atoms with Crippen molar-refractivity contribution < 1.29 is 4.74 Å². The molecule has 2 nitrogen and oxygen atoms in total. The Hall–Kier alpha value is -0.0500. The monoisotopic (exact) mass is 205 g/mol. The molecule has 0 radical (unpaired) electrons. The lowest BCUT2D eigenvalue weighted by atomic mass is 9.88. The number of halogens is 1. The van der Waals surface area contributed by atoms with Crippen molar-refractivity contribution in [3.05, 3.63) is 0 Å². The minimum absolute atomic E-state index is 0.218. The normalized spacial score (nSPS) is 26.0. The molecule has 1 aliphatic rings. The molecular formula is C7H12BrNO. The Morgan fingerprint density at radius 3 is 2.40 bits per heavy atom. The van der Waals surface area contributed by atoms with Gasteiger partial charge in [0, 0.05) is 15.9 Å². The van der Waals surface area contributed by atoms with Crippen LogP contribution in [-0.2, 0) is 4.74 Å². The van der Waals surface area contributed by atoms with Crippen molar-refractivity contribution >= 4 is 20.7 Å². The summed E-state index contributed by atoms with van der Waals surface area (Å²) in [4.78, 5) is 4.92. The van der Waals surface area contributed by atoms with E-state index in [-0.39, 0.29) is 5.41 Å². The predicted molar refractivity (Wildman–Crippen MR) is 45.6 cm³/mol. The SMILES string of the molecule is CC(C)(C)[C@H]1COC(Br)=N1. The van der Waals surface area contributed by atoms with Crippen molar-refractivity contribution in [2.45, 2.75) is 26.8 Å². The molecule has 0 aromatic rings. The maximum atomic E-state index is 5.16. The largest absolute Gasteiger partial charge is 0.470 e. The summed E-state index contributed by atoms with van der Waals surface area (Å²) in [6.07, 6.45) is 0. The number of aliphatic imine (C=N–C) groups is 1. The highest BCUT2D eigenvalue weighted by molar-refractivity contribution is 9.18. The van der Waals surface area contributed by atoms with E-state index >= 15 is 0 Å². The van der Waals surface area contributed by atoms with E-state index in [1.165, 1.54) is 0 Å². The molecular weight excluding hydrogens is 194 g/mol. The molecule has 58 valence electrons. The summed E-state index contributed by atoms with van der Waals surface area (Å²) in [5, 5.41) is 0. The lowest BCUT2D eigenvalue weighted by Crippen LogP contribution is -2.25. The summed E-state index contributed by atoms with van der Waals surface area (Å²) in [5.41, 5.74) is 0.218. The first-order valence-electron chi connectivity index (χ1n) is 3.36. The molecule has 1 rings (SSSR count). The van der Waals surface area contributed by atoms with Crippen LogP contribution in [0.25, 0.3) is 0 Å². The van der Waals surface area contributed by atoms with Gasteiger partial charge in [-0.05, 0) is 5.41 Å². The van der Waals surface area contributed by atoms with Gasteiger partial charge in [-0.2, -0.15) is 0 Å². The molecule has 3 heteroatoms. The molecule has 0 saturated heterocycles. The summed E-state index contributed by atoms with van der Waals surface area (Å²) in [6.45, 7) is 7.20. The minimum Gasteiger partial charge on any atom is -0.470 e. The van der Waals surface area contributed by atoms with Crippen LogP contribution in [0.5, 0.6) is 0 Å². The van der Waals surface area contributed by atoms with Gasteiger partial charge in [-0.15, -0.1) is 0 Å². The van der Waals surface area contributed by atoms with Gasteiger partial charge in [0.15, 0.2) is 0 Å². The zero-order valence-corrected chi connectivity index (χ0v) is 8.10. The molecule has 0 aromatic carbocycles. The van der Waals surface area contributed by atoms with Crippen LogP contribution < -0.4 is 0 Å². The quantitative estimate of drug-likeness (QED) is 0.595. The number of hydrogen-bond acceptors (Lipinski definition) is 2. The molecule has 0 saturated carbocycles. The zero-order chi connectivity index (χ0) is 7.78. The van der Waals surface area contributed by atoms with E-state index in [1.54, 1.807) is 0 Å². The number of ether oxygens (including phenoxy) is 1. The second-order valence-electron chi connectivity index (χ2n) is 3.57. The van der Waals surface area contributed by atoms with Crippen LogP contribution in [0.15, 0.2) is 4.99 Å². The Kier molecular flexibility index (Phi) is 2.04. The molecule has 0 unspecified atom stereocenters. The second kappa shape index (κ2) is 2.53. The van der Waals surface area contributed by atoms with E-state index in [9.17, 15) is 0 Å². The Labute approximate surface area is 69.8 Å². The summed E-state index contributed by atoms with van der Waals surface area (Å²) in [7, 11) is 0. The summed E-state index contributed by atoms with van der Waals surface area (Å²) in [6, 6.07) is 0.307. The fourth-order valence-corrected chi connectivity index (χ4v) is 1.17. The summed E-state index contributed by atoms with van der Waals surface area (Å²) in [5.74, 6) is 0. The number of nitrogens with zero attached hydrogens (tertiary/aromatic N) is 1. The Morgan fingerprint density at radius 1 is 1.60 bits per heavy atom. The Balaban J connectivity index is 2.61. The van der Waals surface area contributed by atoms with Gasteiger partial charge in [0.05, 0.1) is 6.04 Å². The van der Waals surface area contributed by atoms with Crippen molar-refractivity contribution in [2.24, 2.45) is 10.4 Å². The van der Waals surface area contributed by atoms with Crippen LogP contribution in [-0.4, -0.2) is 17.5 Å². The average molecular weight is 206 g/mol. The lowest BCUT2D eigenvalue weighted by molar-refractivity contribution is 0.238. The van der Waals surface area contributed by atoms with Gasteiger partial charge in [0.2, 0.25) is 0 Å². The van der Waals surface area contributed by atoms with E-state index in [0.717, 1.165) is 0 Å². The maximum Gasteiger partial charge on any atom is 0.254 e. The van der Waals surface area contributed by atoms with Gasteiger partial charge in [-0.25, -0.2) is 4.99 Å². The smallest absolute Gasteiger partial charge is 0.254 e. The minimum atomic E-state index is 0.218. The first-order valence-corrected chi connectivity index (χ1v) is 4.15. The molecule has 0 amide bonds. The van der Waals surface area contributed by atoms with Crippen LogP contribution in [0.1, 0.15) is 20.8 Å². The van der Waals surface area contributed by atoms with E-state index in [2.05, 4.69) is 41.7 Å². The molecule has 1 atom stereocenters. The van der Waals surface area contributed by atoms with Crippen molar-refractivity contribution in [1.82, 2.24) is 0 Å². The molecule has 1 aliphatic heterocycles. The van der Waals surface area contributed by atoms with Crippen LogP contribution in [0, 0.1) is 5.41 Å². The standard InChI is InChI=1S/C7H12BrNO/c1-7(2,3)5-4-10-6(8)9-5/h5H,4H2,1-3H3/t5-/m1/s1. The third-order valence-corrected chi connectivity index (χ3v) is 2.05. The van der Waals surface area contributed by atoms with Gasteiger partial charge in [-0.3, -0.25) is 0 Å². The van der Waals surface area contributed by atoms with Gasteiger partial charge >= 0.3 is 0 Å². The first kappa shape index (κ1) is 8.05. The Morgan fingerprint density at radius 2 is 2.20 bits per heavy atom. The molecule has 0 fully saturated rings. The van der Waals surface area contributed by atoms with Crippen molar-refractivity contribution in [1.29, 1.82) is 0 Å². The molecule has 0 N–H and O–H groups in total. The molecule has 0 aliphatic carbocycles. The van der Waals surface area contributed by atoms with E-state index < -0.39 is 0 Å². The predicted octanol–water partition coefficient (Wildman–Crippen LogP) is 2.18. The van der Waals surface area contributed by atoms with Crippen molar-refractivity contribution in [2.75, 3.05) is 6.61 Å². The van der Waals surface area contributed by atoms with Crippen LogP contribution >= 0.6 is 15.9 Å². The van der Waals surface area contributed by atoms with E-state index in [0.29, 0.717) is 17.5 Å². The van der Waals surface area contributed by atoms with E-state index in [4.69, 9.17) is 4.74 Å². The highest BCUT2D eigenvalue weighted by Gasteiger charge is 2.29. The van der Waals surface area contributed by atoms with Gasteiger partial charge in [0.1, 0.15) is 6.61 Å². The third-order valence-electron chi connectivity index (χ3n) is 1.62. The first-order chi connectivity index (χ1) is 4.50. The average Bonchev–Trinajstić information content (AvgIpc) is 2.11. The zero-order valence-electron chi connectivity index (χ0n) is 6.52. The second-order valence-corrected chi connectivity index (χ2v) is 4.25. The lowest BCUT2D eigenvalue weighted by Gasteiger charge is -2.21. The van der Waals surface area contributed by atoms with Gasteiger partial charge in [0.25, 0.3) is 4.81 Å². The number of rotatable bonds is 0. The molecule has 1 heterocycles. The van der Waals surface area contributed by atoms with Crippen LogP contribution in [0.2, 0.25) is 0 Å². The fourth-order valence-electron chi connectivity index (χ4n) is 0.788. The van der Waals surface area contributed by atoms with Crippen molar-refractivity contribution in [3.63, 3.8) is 0 Å². The van der Waals surface area contributed by atoms with Crippen LogP contribution in [0.3, 0.4) is 0 Å². The maximum absolute atomic E-state index is 5.16. The van der Waals surface area contributed by atoms with Gasteiger partial charge in [-0.1, -0.05) is 20.8 Å². The molecule has 10 heavy (non-hydrogen) atoms. The highest BCUT2D eigenvalue weighted by atomic mass is 79.9. The highest BCUT2D eigenvalue weighted by Crippen LogP contribution is 2.26. The van der Waals surface area contributed by atoms with Crippen molar-refractivity contribution in [3.8, 4) is 0 Å². The van der Waals surface area contributed by atoms with E-state index in [1.807, 2.05) is 0 Å². The molecule has 0 bridgehead atoms.